The molecule has 2 unspecified atom stereocenters. The summed E-state index contributed by atoms with van der Waals surface area (Å²) < 4.78 is 17.3. The number of unbranched alkanes of at least 4 members (excludes halogenated alkanes) is 22. The molecule has 332 valence electrons. The number of carboxylic acids is 1. The van der Waals surface area contributed by atoms with Crippen molar-refractivity contribution in [2.45, 2.75) is 219 Å². The fourth-order valence-electron chi connectivity index (χ4n) is 6.93. The van der Waals surface area contributed by atoms with Crippen LogP contribution in [0.3, 0.4) is 0 Å². The molecule has 0 aromatic rings. The van der Waals surface area contributed by atoms with Gasteiger partial charge in [-0.15, -0.1) is 0 Å². The average molecular weight is 805 g/mol. The minimum atomic E-state index is -0.877. The second-order valence-electron chi connectivity index (χ2n) is 17.0. The van der Waals surface area contributed by atoms with Crippen LogP contribution < -0.4 is 0 Å². The van der Waals surface area contributed by atoms with Crippen LogP contribution in [-0.2, 0) is 28.6 Å². The molecule has 0 spiro atoms. The van der Waals surface area contributed by atoms with Gasteiger partial charge >= 0.3 is 17.9 Å². The van der Waals surface area contributed by atoms with Gasteiger partial charge in [-0.2, -0.15) is 0 Å². The summed E-state index contributed by atoms with van der Waals surface area (Å²) in [6.45, 7) is 4.62. The van der Waals surface area contributed by atoms with E-state index in [1.165, 1.54) is 103 Å². The van der Waals surface area contributed by atoms with Gasteiger partial charge in [0.25, 0.3) is 0 Å². The quantitative estimate of drug-likeness (QED) is 0.0284. The predicted molar refractivity (Wildman–Crippen MR) is 238 cm³/mol. The molecule has 0 radical (unpaired) electrons. The highest BCUT2D eigenvalue weighted by molar-refractivity contribution is 5.72. The fraction of sp³-hybridized carbons (Fsp3) is 0.816. The fourth-order valence-corrected chi connectivity index (χ4v) is 6.93. The second-order valence-corrected chi connectivity index (χ2v) is 17.0. The van der Waals surface area contributed by atoms with Crippen molar-refractivity contribution >= 4 is 17.9 Å². The van der Waals surface area contributed by atoms with E-state index in [0.29, 0.717) is 19.3 Å². The molecule has 0 aliphatic rings. The smallest absolute Gasteiger partial charge is 0.362 e. The van der Waals surface area contributed by atoms with E-state index >= 15 is 0 Å². The van der Waals surface area contributed by atoms with Gasteiger partial charge in [0, 0.05) is 19.3 Å². The van der Waals surface area contributed by atoms with Crippen LogP contribution in [0.1, 0.15) is 206 Å². The van der Waals surface area contributed by atoms with Crippen molar-refractivity contribution in [1.82, 2.24) is 0 Å². The third kappa shape index (κ3) is 38.8. The maximum Gasteiger partial charge on any atom is 0.362 e. The summed E-state index contributed by atoms with van der Waals surface area (Å²) in [5, 5.41) is 9.63. The molecule has 57 heavy (non-hydrogen) atoms. The van der Waals surface area contributed by atoms with Crippen LogP contribution in [-0.4, -0.2) is 80.6 Å². The monoisotopic (exact) mass is 805 g/mol. The molecule has 0 fully saturated rings. The molecule has 0 rings (SSSR count). The van der Waals surface area contributed by atoms with Crippen molar-refractivity contribution in [3.63, 3.8) is 0 Å². The zero-order valence-electron chi connectivity index (χ0n) is 37.8. The number of hydrogen-bond donors (Lipinski definition) is 1. The minimum absolute atomic E-state index is 0.0565. The molecule has 0 saturated carbocycles. The number of esters is 2. The van der Waals surface area contributed by atoms with Gasteiger partial charge < -0.3 is 23.8 Å². The molecule has 0 bridgehead atoms. The van der Waals surface area contributed by atoms with Gasteiger partial charge in [-0.25, -0.2) is 4.79 Å². The zero-order chi connectivity index (χ0) is 42.1. The molecule has 0 aromatic carbocycles. The van der Waals surface area contributed by atoms with Crippen LogP contribution in [0, 0.1) is 0 Å². The number of rotatable bonds is 42. The SMILES string of the molecule is CC/C=C/C/C=C/C/C=C/CCCCCCC(=O)OCC(COCCC(C(=O)O)[N+](C)(C)C)OC(=O)CCCCCCCCCCCCCCCCCCCCC. The van der Waals surface area contributed by atoms with Crippen LogP contribution in [0.25, 0.3) is 0 Å². The number of aliphatic carboxylic acids is 1. The summed E-state index contributed by atoms with van der Waals surface area (Å²) >= 11 is 0. The number of likely N-dealkylation sites (N-methyl/N-ethyl adjacent to an activating group) is 1. The van der Waals surface area contributed by atoms with Crippen LogP contribution in [0.2, 0.25) is 0 Å². The largest absolute Gasteiger partial charge is 0.477 e. The van der Waals surface area contributed by atoms with E-state index in [9.17, 15) is 19.5 Å². The van der Waals surface area contributed by atoms with Crippen molar-refractivity contribution in [3.8, 4) is 0 Å². The Morgan fingerprint density at radius 1 is 0.544 bits per heavy atom. The van der Waals surface area contributed by atoms with Gasteiger partial charge in [-0.1, -0.05) is 179 Å². The summed E-state index contributed by atoms with van der Waals surface area (Å²) in [5.74, 6) is -1.49. The van der Waals surface area contributed by atoms with Gasteiger partial charge in [0.05, 0.1) is 34.4 Å². The number of nitrogens with zero attached hydrogens (tertiary/aromatic N) is 1. The lowest BCUT2D eigenvalue weighted by molar-refractivity contribution is -0.887. The molecule has 2 atom stereocenters. The topological polar surface area (TPSA) is 99.1 Å². The summed E-state index contributed by atoms with van der Waals surface area (Å²) in [7, 11) is 5.53. The molecule has 0 saturated heterocycles. The maximum atomic E-state index is 12.8. The molecule has 8 heteroatoms. The van der Waals surface area contributed by atoms with Crippen molar-refractivity contribution in [3.05, 3.63) is 36.5 Å². The molecule has 0 heterocycles. The van der Waals surface area contributed by atoms with Crippen LogP contribution in [0.4, 0.5) is 0 Å². The first kappa shape index (κ1) is 54.6. The molecule has 8 nitrogen and oxygen atoms in total. The Hall–Kier alpha value is -2.45. The van der Waals surface area contributed by atoms with Gasteiger partial charge in [0.2, 0.25) is 0 Å². The Balaban J connectivity index is 4.29. The number of carbonyl (C=O) groups is 3. The number of allylic oxidation sites excluding steroid dienone is 6. The normalized spacial score (nSPS) is 13.2. The van der Waals surface area contributed by atoms with Gasteiger partial charge in [-0.3, -0.25) is 9.59 Å². The van der Waals surface area contributed by atoms with E-state index in [0.717, 1.165) is 70.6 Å². The molecule has 0 aromatic heterocycles. The Morgan fingerprint density at radius 2 is 0.982 bits per heavy atom. The second kappa shape index (κ2) is 40.3. The Morgan fingerprint density at radius 3 is 1.46 bits per heavy atom. The maximum absolute atomic E-state index is 12.8. The van der Waals surface area contributed by atoms with E-state index in [1.807, 2.05) is 21.1 Å². The summed E-state index contributed by atoms with van der Waals surface area (Å²) in [5.41, 5.74) is 0. The number of quaternary nitrogens is 1. The van der Waals surface area contributed by atoms with Gasteiger partial charge in [-0.05, 0) is 44.9 Å². The van der Waals surface area contributed by atoms with Crippen molar-refractivity contribution in [2.24, 2.45) is 0 Å². The van der Waals surface area contributed by atoms with Crippen molar-refractivity contribution in [1.29, 1.82) is 0 Å². The average Bonchev–Trinajstić information content (AvgIpc) is 3.17. The van der Waals surface area contributed by atoms with Crippen LogP contribution in [0.5, 0.6) is 0 Å². The van der Waals surface area contributed by atoms with E-state index < -0.39 is 18.1 Å². The standard InChI is InChI=1S/C49H89NO7/c1-6-8-10-12-14-16-18-20-22-23-24-25-26-28-30-32-34-36-38-40-48(52)57-45(43-55-42-41-46(49(53)54)50(3,4)5)44-56-47(51)39-37-35-33-31-29-27-21-19-17-15-13-11-9-7-2/h9,11,15,17,21,27,45-46H,6-8,10,12-14,16,18-20,22-26,28-44H2,1-5H3/p+1/b11-9+,17-15+,27-21+. The van der Waals surface area contributed by atoms with Gasteiger partial charge in [0.15, 0.2) is 12.1 Å². The molecule has 1 N–H and O–H groups in total. The van der Waals surface area contributed by atoms with Gasteiger partial charge in [0.1, 0.15) is 6.61 Å². The summed E-state index contributed by atoms with van der Waals surface area (Å²) in [6, 6.07) is -0.616. The molecule has 0 aliphatic carbocycles. The highest BCUT2D eigenvalue weighted by Gasteiger charge is 2.31. The third-order valence-electron chi connectivity index (χ3n) is 10.6. The van der Waals surface area contributed by atoms with E-state index in [-0.39, 0.29) is 36.2 Å². The van der Waals surface area contributed by atoms with Crippen LogP contribution in [0.15, 0.2) is 36.5 Å². The third-order valence-corrected chi connectivity index (χ3v) is 10.6. The number of carbonyl (C=O) groups excluding carboxylic acids is 2. The molecular weight excluding hydrogens is 715 g/mol. The highest BCUT2D eigenvalue weighted by atomic mass is 16.6. The van der Waals surface area contributed by atoms with Crippen molar-refractivity contribution < 1.29 is 38.2 Å². The molecule has 0 aliphatic heterocycles. The van der Waals surface area contributed by atoms with E-state index in [2.05, 4.69) is 50.3 Å². The lowest BCUT2D eigenvalue weighted by Gasteiger charge is -2.31. The molecule has 0 amide bonds. The predicted octanol–water partition coefficient (Wildman–Crippen LogP) is 13.0. The van der Waals surface area contributed by atoms with Crippen molar-refractivity contribution in [2.75, 3.05) is 41.0 Å². The summed E-state index contributed by atoms with van der Waals surface area (Å²) in [6.07, 6.45) is 46.2. The highest BCUT2D eigenvalue weighted by Crippen LogP contribution is 2.16. The van der Waals surface area contributed by atoms with E-state index in [1.54, 1.807) is 0 Å². The Labute approximate surface area is 351 Å². The summed E-state index contributed by atoms with van der Waals surface area (Å²) in [4.78, 5) is 37.0. The first-order chi connectivity index (χ1) is 27.6. The zero-order valence-corrected chi connectivity index (χ0v) is 37.8. The Bertz CT molecular complexity index is 1030. The first-order valence-electron chi connectivity index (χ1n) is 23.5. The van der Waals surface area contributed by atoms with Crippen LogP contribution >= 0.6 is 0 Å². The lowest BCUT2D eigenvalue weighted by Crippen LogP contribution is -2.50. The first-order valence-corrected chi connectivity index (χ1v) is 23.5. The number of carboxylic acid groups (broad SMARTS) is 1. The lowest BCUT2D eigenvalue weighted by atomic mass is 10.0. The number of hydrogen-bond acceptors (Lipinski definition) is 6. The Kier molecular flexibility index (Phi) is 38.6. The van der Waals surface area contributed by atoms with E-state index in [4.69, 9.17) is 14.2 Å². The number of ether oxygens (including phenoxy) is 3. The minimum Gasteiger partial charge on any atom is -0.477 e. The molecular formula is C49H90NO7+.